The number of ether oxygens (including phenoxy) is 1. The van der Waals surface area contributed by atoms with Gasteiger partial charge in [0.25, 0.3) is 0 Å². The quantitative estimate of drug-likeness (QED) is 0.354. The first-order valence-electron chi connectivity index (χ1n) is 8.99. The van der Waals surface area contributed by atoms with Crippen LogP contribution < -0.4 is 21.2 Å². The van der Waals surface area contributed by atoms with Crippen molar-refractivity contribution < 1.29 is 19.4 Å². The average molecular weight is 400 g/mol. The smallest absolute Gasteiger partial charge is 0.193 e. The highest BCUT2D eigenvalue weighted by molar-refractivity contribution is 5.80. The summed E-state index contributed by atoms with van der Waals surface area (Å²) in [6, 6.07) is 10.4. The first-order chi connectivity index (χ1) is 13.2. The van der Waals surface area contributed by atoms with Crippen molar-refractivity contribution in [3.63, 3.8) is 0 Å². The van der Waals surface area contributed by atoms with Crippen LogP contribution in [0.3, 0.4) is 0 Å². The summed E-state index contributed by atoms with van der Waals surface area (Å²) in [5.41, 5.74) is 5.98. The predicted octanol–water partition coefficient (Wildman–Crippen LogP) is 3.56. The van der Waals surface area contributed by atoms with Gasteiger partial charge < -0.3 is 25.1 Å². The average Bonchev–Trinajstić information content (AvgIpc) is 2.59. The van der Waals surface area contributed by atoms with Gasteiger partial charge in [0.1, 0.15) is 28.6 Å². The highest BCUT2D eigenvalue weighted by Gasteiger charge is 2.11. The third kappa shape index (κ3) is 5.97. The van der Waals surface area contributed by atoms with Gasteiger partial charge in [0, 0.05) is 30.3 Å². The number of fused-ring (bicyclic) bond motifs is 1. The van der Waals surface area contributed by atoms with Gasteiger partial charge in [-0.05, 0) is 44.5 Å². The van der Waals surface area contributed by atoms with Crippen molar-refractivity contribution in [3.05, 3.63) is 52.7 Å². The third-order valence-corrected chi connectivity index (χ3v) is 4.06. The minimum Gasteiger partial charge on any atom is -0.508 e. The molecule has 0 aliphatic heterocycles. The number of hydrogen-bond acceptors (Lipinski definition) is 7. The SMILES string of the molecule is C.CC(C)(N)NCCCOc1ccc2c(=O)cc(-c3cc(O)cc(O)c3)oc2c1. The number of benzene rings is 2. The van der Waals surface area contributed by atoms with Crippen LogP contribution in [0.1, 0.15) is 27.7 Å². The molecule has 0 amide bonds. The van der Waals surface area contributed by atoms with Gasteiger partial charge in [-0.15, -0.1) is 0 Å². The van der Waals surface area contributed by atoms with Crippen molar-refractivity contribution in [2.45, 2.75) is 33.4 Å². The monoisotopic (exact) mass is 400 g/mol. The molecule has 0 spiro atoms. The zero-order chi connectivity index (χ0) is 20.3. The standard InChI is InChI=1S/C21H24N2O5.CH4/c1-21(2,22)23-6-3-7-27-16-4-5-17-18(26)12-19(28-20(17)11-16)13-8-14(24)10-15(25)9-13;/h4-5,8-12,23-25H,3,6-7,22H2,1-2H3;1H4. The van der Waals surface area contributed by atoms with Crippen LogP contribution in [-0.2, 0) is 0 Å². The molecule has 7 heteroatoms. The number of nitrogens with two attached hydrogens (primary N) is 1. The summed E-state index contributed by atoms with van der Waals surface area (Å²) in [4.78, 5) is 12.4. The van der Waals surface area contributed by atoms with Crippen LogP contribution in [0.2, 0.25) is 0 Å². The lowest BCUT2D eigenvalue weighted by molar-refractivity contribution is 0.296. The maximum absolute atomic E-state index is 12.4. The molecule has 3 aromatic rings. The Kier molecular flexibility index (Phi) is 6.89. The number of phenolic OH excluding ortho intramolecular Hbond substituents is 2. The second-order valence-electron chi connectivity index (χ2n) is 7.22. The van der Waals surface area contributed by atoms with Crippen molar-refractivity contribution in [1.82, 2.24) is 5.32 Å². The van der Waals surface area contributed by atoms with E-state index >= 15 is 0 Å². The Morgan fingerprint density at radius 3 is 2.45 bits per heavy atom. The molecule has 5 N–H and O–H groups in total. The Morgan fingerprint density at radius 2 is 1.79 bits per heavy atom. The van der Waals surface area contributed by atoms with E-state index in [2.05, 4.69) is 5.32 Å². The normalized spacial score (nSPS) is 11.3. The molecular weight excluding hydrogens is 372 g/mol. The van der Waals surface area contributed by atoms with Crippen LogP contribution in [0, 0.1) is 0 Å². The molecule has 1 heterocycles. The van der Waals surface area contributed by atoms with E-state index < -0.39 is 5.66 Å². The zero-order valence-corrected chi connectivity index (χ0v) is 15.9. The fourth-order valence-corrected chi connectivity index (χ4v) is 2.78. The fraction of sp³-hybridized carbons (Fsp3) is 0.318. The van der Waals surface area contributed by atoms with Gasteiger partial charge in [0.05, 0.1) is 17.7 Å². The van der Waals surface area contributed by atoms with E-state index in [1.165, 1.54) is 24.3 Å². The maximum atomic E-state index is 12.4. The Labute approximate surface area is 169 Å². The first-order valence-corrected chi connectivity index (χ1v) is 8.99. The summed E-state index contributed by atoms with van der Waals surface area (Å²) < 4.78 is 11.6. The highest BCUT2D eigenvalue weighted by Crippen LogP contribution is 2.30. The van der Waals surface area contributed by atoms with Crippen LogP contribution in [-0.4, -0.2) is 29.0 Å². The minimum atomic E-state index is -0.428. The van der Waals surface area contributed by atoms with Gasteiger partial charge in [0.15, 0.2) is 5.43 Å². The topological polar surface area (TPSA) is 118 Å². The Morgan fingerprint density at radius 1 is 1.10 bits per heavy atom. The van der Waals surface area contributed by atoms with Crippen molar-refractivity contribution in [3.8, 4) is 28.6 Å². The predicted molar refractivity (Wildman–Crippen MR) is 114 cm³/mol. The summed E-state index contributed by atoms with van der Waals surface area (Å²) in [5, 5.41) is 22.9. The van der Waals surface area contributed by atoms with E-state index in [0.29, 0.717) is 28.9 Å². The number of phenols is 2. The maximum Gasteiger partial charge on any atom is 0.193 e. The van der Waals surface area contributed by atoms with Crippen molar-refractivity contribution in [1.29, 1.82) is 0 Å². The Hall–Kier alpha value is -3.03. The highest BCUT2D eigenvalue weighted by atomic mass is 16.5. The van der Waals surface area contributed by atoms with Crippen LogP contribution in [0.4, 0.5) is 0 Å². The van der Waals surface area contributed by atoms with E-state index in [1.807, 2.05) is 13.8 Å². The third-order valence-electron chi connectivity index (χ3n) is 4.06. The molecule has 7 nitrogen and oxygen atoms in total. The molecule has 0 bridgehead atoms. The number of nitrogens with one attached hydrogen (secondary N) is 1. The first kappa shape index (κ1) is 22.3. The molecule has 0 saturated carbocycles. The van der Waals surface area contributed by atoms with Gasteiger partial charge in [0.2, 0.25) is 0 Å². The summed E-state index contributed by atoms with van der Waals surface area (Å²) in [6.07, 6.45) is 0.769. The molecular formula is C22H28N2O5. The summed E-state index contributed by atoms with van der Waals surface area (Å²) in [7, 11) is 0. The van der Waals surface area contributed by atoms with E-state index in [0.717, 1.165) is 13.0 Å². The van der Waals surface area contributed by atoms with E-state index in [4.69, 9.17) is 14.9 Å². The lowest BCUT2D eigenvalue weighted by Gasteiger charge is -2.20. The van der Waals surface area contributed by atoms with E-state index in [-0.39, 0.29) is 30.1 Å². The van der Waals surface area contributed by atoms with Crippen molar-refractivity contribution in [2.24, 2.45) is 5.73 Å². The molecule has 29 heavy (non-hydrogen) atoms. The van der Waals surface area contributed by atoms with Gasteiger partial charge in [-0.2, -0.15) is 0 Å². The van der Waals surface area contributed by atoms with Gasteiger partial charge in [-0.1, -0.05) is 7.43 Å². The van der Waals surface area contributed by atoms with Crippen molar-refractivity contribution >= 4 is 11.0 Å². The Balaban J connectivity index is 0.00000300. The van der Waals surface area contributed by atoms with E-state index in [1.54, 1.807) is 18.2 Å². The summed E-state index contributed by atoms with van der Waals surface area (Å²) >= 11 is 0. The molecule has 156 valence electrons. The van der Waals surface area contributed by atoms with Gasteiger partial charge in [-0.25, -0.2) is 0 Å². The molecule has 0 atom stereocenters. The van der Waals surface area contributed by atoms with Gasteiger partial charge in [-0.3, -0.25) is 10.1 Å². The number of rotatable bonds is 7. The minimum absolute atomic E-state index is 0. The zero-order valence-electron chi connectivity index (χ0n) is 15.9. The largest absolute Gasteiger partial charge is 0.508 e. The molecule has 2 aromatic carbocycles. The van der Waals surface area contributed by atoms with Crippen molar-refractivity contribution in [2.75, 3.05) is 13.2 Å². The molecule has 0 unspecified atom stereocenters. The lowest BCUT2D eigenvalue weighted by Crippen LogP contribution is -2.48. The van der Waals surface area contributed by atoms with Gasteiger partial charge >= 0.3 is 0 Å². The van der Waals surface area contributed by atoms with Crippen LogP contribution in [0.15, 0.2) is 51.7 Å². The van der Waals surface area contributed by atoms with Crippen LogP contribution in [0.25, 0.3) is 22.3 Å². The van der Waals surface area contributed by atoms with E-state index in [9.17, 15) is 15.0 Å². The Bertz CT molecular complexity index is 1020. The van der Waals surface area contributed by atoms with Crippen LogP contribution in [0.5, 0.6) is 17.2 Å². The molecule has 0 aliphatic carbocycles. The second kappa shape index (κ2) is 8.98. The summed E-state index contributed by atoms with van der Waals surface area (Å²) in [6.45, 7) is 4.99. The molecule has 1 aromatic heterocycles. The number of aromatic hydroxyl groups is 2. The molecule has 3 rings (SSSR count). The van der Waals surface area contributed by atoms with Crippen LogP contribution >= 0.6 is 0 Å². The molecule has 0 aliphatic rings. The summed E-state index contributed by atoms with van der Waals surface area (Å²) in [5.74, 6) is 0.585. The lowest BCUT2D eigenvalue weighted by atomic mass is 10.1. The second-order valence-corrected chi connectivity index (χ2v) is 7.22. The molecule has 0 fully saturated rings. The molecule has 0 radical (unpaired) electrons. The fourth-order valence-electron chi connectivity index (χ4n) is 2.78. The molecule has 0 saturated heterocycles. The number of hydrogen-bond donors (Lipinski definition) is 4.